The molecule has 0 bridgehead atoms. The highest BCUT2D eigenvalue weighted by atomic mass is 127. The molecule has 2 rings (SSSR count). The minimum absolute atomic E-state index is 0.606. The van der Waals surface area contributed by atoms with Crippen molar-refractivity contribution < 1.29 is 4.74 Å². The first-order valence-electron chi connectivity index (χ1n) is 4.68. The highest BCUT2D eigenvalue weighted by Crippen LogP contribution is 2.20. The number of rotatable bonds is 3. The largest absolute Gasteiger partial charge is 0.488 e. The third kappa shape index (κ3) is 2.96. The van der Waals surface area contributed by atoms with Gasteiger partial charge in [-0.25, -0.2) is 0 Å². The molecule has 1 radical (unpaired) electrons. The SMILES string of the molecule is Ic1cc[c]cc1OCc1ccccc1. The zero-order chi connectivity index (χ0) is 10.5. The lowest BCUT2D eigenvalue weighted by Gasteiger charge is -2.07. The first-order valence-corrected chi connectivity index (χ1v) is 5.76. The van der Waals surface area contributed by atoms with Crippen LogP contribution in [-0.4, -0.2) is 0 Å². The Balaban J connectivity index is 2.03. The molecule has 0 fully saturated rings. The fraction of sp³-hybridized carbons (Fsp3) is 0.0769. The van der Waals surface area contributed by atoms with Gasteiger partial charge in [0.25, 0.3) is 0 Å². The molecule has 1 nitrogen and oxygen atoms in total. The average molecular weight is 309 g/mol. The minimum atomic E-state index is 0.606. The minimum Gasteiger partial charge on any atom is -0.488 e. The predicted molar refractivity (Wildman–Crippen MR) is 68.8 cm³/mol. The third-order valence-corrected chi connectivity index (χ3v) is 2.90. The van der Waals surface area contributed by atoms with E-state index < -0.39 is 0 Å². The summed E-state index contributed by atoms with van der Waals surface area (Å²) in [5.41, 5.74) is 1.18. The first-order chi connectivity index (χ1) is 7.36. The van der Waals surface area contributed by atoms with Crippen LogP contribution in [-0.2, 0) is 6.61 Å². The summed E-state index contributed by atoms with van der Waals surface area (Å²) in [4.78, 5) is 0. The van der Waals surface area contributed by atoms with E-state index in [1.165, 1.54) is 5.56 Å². The Kier molecular flexibility index (Phi) is 3.61. The maximum Gasteiger partial charge on any atom is 0.133 e. The second kappa shape index (κ2) is 5.16. The van der Waals surface area contributed by atoms with E-state index in [2.05, 4.69) is 40.8 Å². The van der Waals surface area contributed by atoms with Crippen LogP contribution in [0.25, 0.3) is 0 Å². The van der Waals surface area contributed by atoms with Gasteiger partial charge in [0.15, 0.2) is 0 Å². The van der Waals surface area contributed by atoms with Crippen molar-refractivity contribution in [3.05, 3.63) is 63.7 Å². The van der Waals surface area contributed by atoms with Gasteiger partial charge in [-0.2, -0.15) is 0 Å². The van der Waals surface area contributed by atoms with E-state index in [1.807, 2.05) is 36.4 Å². The predicted octanol–water partition coefficient (Wildman–Crippen LogP) is 3.67. The zero-order valence-corrected chi connectivity index (χ0v) is 10.3. The maximum absolute atomic E-state index is 5.68. The maximum atomic E-state index is 5.68. The Morgan fingerprint density at radius 1 is 1.13 bits per heavy atom. The average Bonchev–Trinajstić information content (AvgIpc) is 2.29. The molecule has 15 heavy (non-hydrogen) atoms. The highest BCUT2D eigenvalue weighted by Gasteiger charge is 1.99. The number of ether oxygens (including phenoxy) is 1. The van der Waals surface area contributed by atoms with Crippen molar-refractivity contribution in [3.8, 4) is 5.75 Å². The molecular weight excluding hydrogens is 299 g/mol. The molecule has 2 aromatic rings. The van der Waals surface area contributed by atoms with Crippen LogP contribution in [0.1, 0.15) is 5.56 Å². The van der Waals surface area contributed by atoms with Crippen molar-refractivity contribution in [1.82, 2.24) is 0 Å². The van der Waals surface area contributed by atoms with E-state index in [-0.39, 0.29) is 0 Å². The Morgan fingerprint density at radius 3 is 2.67 bits per heavy atom. The Labute approximate surface area is 103 Å². The molecule has 0 unspecified atom stereocenters. The van der Waals surface area contributed by atoms with Gasteiger partial charge in [0.1, 0.15) is 12.4 Å². The van der Waals surface area contributed by atoms with Crippen molar-refractivity contribution >= 4 is 22.6 Å². The summed E-state index contributed by atoms with van der Waals surface area (Å²) in [6.45, 7) is 0.606. The monoisotopic (exact) mass is 309 g/mol. The first kappa shape index (κ1) is 10.5. The lowest BCUT2D eigenvalue weighted by atomic mass is 10.2. The highest BCUT2D eigenvalue weighted by molar-refractivity contribution is 14.1. The molecule has 0 aliphatic rings. The Morgan fingerprint density at radius 2 is 1.93 bits per heavy atom. The van der Waals surface area contributed by atoms with Gasteiger partial charge in [0.05, 0.1) is 3.57 Å². The molecule has 75 valence electrons. The lowest BCUT2D eigenvalue weighted by Crippen LogP contribution is -1.96. The number of halogens is 1. The van der Waals surface area contributed by atoms with Crippen molar-refractivity contribution in [3.63, 3.8) is 0 Å². The summed E-state index contributed by atoms with van der Waals surface area (Å²) in [6.07, 6.45) is 0. The summed E-state index contributed by atoms with van der Waals surface area (Å²) in [5.74, 6) is 0.891. The van der Waals surface area contributed by atoms with E-state index in [0.717, 1.165) is 9.32 Å². The summed E-state index contributed by atoms with van der Waals surface area (Å²) in [5, 5.41) is 0. The molecule has 0 aliphatic carbocycles. The quantitative estimate of drug-likeness (QED) is 0.786. The van der Waals surface area contributed by atoms with Crippen LogP contribution in [0.5, 0.6) is 5.75 Å². The molecule has 0 aliphatic heterocycles. The van der Waals surface area contributed by atoms with E-state index in [9.17, 15) is 0 Å². The second-order valence-corrected chi connectivity index (χ2v) is 4.29. The van der Waals surface area contributed by atoms with E-state index in [1.54, 1.807) is 0 Å². The molecule has 0 heterocycles. The van der Waals surface area contributed by atoms with Gasteiger partial charge in [-0.15, -0.1) is 0 Å². The third-order valence-electron chi connectivity index (χ3n) is 2.01. The Hall–Kier alpha value is -1.03. The normalized spacial score (nSPS) is 9.93. The van der Waals surface area contributed by atoms with Gasteiger partial charge < -0.3 is 4.74 Å². The summed E-state index contributed by atoms with van der Waals surface area (Å²) >= 11 is 2.26. The van der Waals surface area contributed by atoms with Crippen LogP contribution >= 0.6 is 22.6 Å². The van der Waals surface area contributed by atoms with Crippen LogP contribution in [0.3, 0.4) is 0 Å². The fourth-order valence-corrected chi connectivity index (χ4v) is 1.73. The second-order valence-electron chi connectivity index (χ2n) is 3.13. The summed E-state index contributed by atoms with van der Waals surface area (Å²) in [7, 11) is 0. The van der Waals surface area contributed by atoms with E-state index in [4.69, 9.17) is 4.74 Å². The molecule has 2 aromatic carbocycles. The molecule has 0 saturated heterocycles. The Bertz CT molecular complexity index is 426. The van der Waals surface area contributed by atoms with Crippen LogP contribution < -0.4 is 4.74 Å². The summed E-state index contributed by atoms with van der Waals surface area (Å²) < 4.78 is 6.80. The van der Waals surface area contributed by atoms with Crippen molar-refractivity contribution in [2.45, 2.75) is 6.61 Å². The van der Waals surface area contributed by atoms with E-state index in [0.29, 0.717) is 6.61 Å². The lowest BCUT2D eigenvalue weighted by molar-refractivity contribution is 0.304. The number of hydrogen-bond donors (Lipinski definition) is 0. The molecule has 2 heteroatoms. The van der Waals surface area contributed by atoms with Crippen molar-refractivity contribution in [2.24, 2.45) is 0 Å². The van der Waals surface area contributed by atoms with Crippen LogP contribution in [0, 0.1) is 9.64 Å². The van der Waals surface area contributed by atoms with Gasteiger partial charge in [-0.1, -0.05) is 36.4 Å². The molecule has 0 aromatic heterocycles. The summed E-state index contributed by atoms with van der Waals surface area (Å²) in [6, 6.07) is 18.9. The van der Waals surface area contributed by atoms with Crippen LogP contribution in [0.4, 0.5) is 0 Å². The molecule has 0 atom stereocenters. The molecule has 0 spiro atoms. The smallest absolute Gasteiger partial charge is 0.133 e. The van der Waals surface area contributed by atoms with Gasteiger partial charge in [0, 0.05) is 0 Å². The molecule has 0 amide bonds. The van der Waals surface area contributed by atoms with E-state index >= 15 is 0 Å². The molecule has 0 N–H and O–H groups in total. The molecule has 0 saturated carbocycles. The fourth-order valence-electron chi connectivity index (χ4n) is 1.24. The zero-order valence-electron chi connectivity index (χ0n) is 8.11. The van der Waals surface area contributed by atoms with Gasteiger partial charge in [0.2, 0.25) is 0 Å². The van der Waals surface area contributed by atoms with Crippen molar-refractivity contribution in [1.29, 1.82) is 0 Å². The topological polar surface area (TPSA) is 9.23 Å². The number of benzene rings is 2. The number of hydrogen-bond acceptors (Lipinski definition) is 1. The standard InChI is InChI=1S/C13H10IO/c14-12-8-4-5-9-13(12)15-10-11-6-2-1-3-7-11/h1-4,6-9H,10H2. The van der Waals surface area contributed by atoms with Crippen LogP contribution in [0.2, 0.25) is 0 Å². The van der Waals surface area contributed by atoms with Gasteiger partial charge in [-0.05, 0) is 46.4 Å². The molecular formula is C13H10IO. The van der Waals surface area contributed by atoms with Gasteiger partial charge >= 0.3 is 0 Å². The van der Waals surface area contributed by atoms with Crippen LogP contribution in [0.15, 0.2) is 48.5 Å². The van der Waals surface area contributed by atoms with Gasteiger partial charge in [-0.3, -0.25) is 0 Å². The van der Waals surface area contributed by atoms with Crippen molar-refractivity contribution in [2.75, 3.05) is 0 Å².